The summed E-state index contributed by atoms with van der Waals surface area (Å²) in [5.74, 6) is 0.0722. The second-order valence-electron chi connectivity index (χ2n) is 4.00. The molecule has 7 nitrogen and oxygen atoms in total. The summed E-state index contributed by atoms with van der Waals surface area (Å²) in [6.45, 7) is 0.443. The molecule has 1 aliphatic rings. The summed E-state index contributed by atoms with van der Waals surface area (Å²) in [5, 5.41) is 14.7. The maximum Gasteiger partial charge on any atom is 0.312 e. The van der Waals surface area contributed by atoms with Gasteiger partial charge in [0.15, 0.2) is 0 Å². The molecule has 0 spiro atoms. The van der Waals surface area contributed by atoms with E-state index in [-0.39, 0.29) is 17.9 Å². The Balaban J connectivity index is 2.34. The van der Waals surface area contributed by atoms with Crippen molar-refractivity contribution < 1.29 is 14.5 Å². The Morgan fingerprint density at radius 1 is 1.65 bits per heavy atom. The minimum Gasteiger partial charge on any atom is -0.371 e. The number of ketones is 1. The van der Waals surface area contributed by atoms with Crippen molar-refractivity contribution in [3.8, 4) is 0 Å². The Morgan fingerprint density at radius 3 is 3.12 bits per heavy atom. The third kappa shape index (κ3) is 2.33. The zero-order chi connectivity index (χ0) is 12.4. The molecule has 1 atom stereocenters. The van der Waals surface area contributed by atoms with Gasteiger partial charge in [0.05, 0.1) is 4.92 Å². The van der Waals surface area contributed by atoms with Gasteiger partial charge in [0.1, 0.15) is 23.8 Å². The highest BCUT2D eigenvalue weighted by atomic mass is 16.6. The summed E-state index contributed by atoms with van der Waals surface area (Å²) in [4.78, 5) is 21.9. The molecule has 0 saturated carbocycles. The van der Waals surface area contributed by atoms with Gasteiger partial charge in [-0.25, -0.2) is 0 Å². The monoisotopic (exact) mass is 239 g/mol. The van der Waals surface area contributed by atoms with Crippen molar-refractivity contribution in [2.45, 2.75) is 25.4 Å². The Kier molecular flexibility index (Phi) is 3.19. The zero-order valence-electron chi connectivity index (χ0n) is 9.46. The highest BCUT2D eigenvalue weighted by Crippen LogP contribution is 2.31. The van der Waals surface area contributed by atoms with E-state index < -0.39 is 11.0 Å². The van der Waals surface area contributed by atoms with Crippen LogP contribution < -0.4 is 0 Å². The molecule has 0 aliphatic carbocycles. The fourth-order valence-electron chi connectivity index (χ4n) is 1.99. The van der Waals surface area contributed by atoms with E-state index in [1.807, 2.05) is 0 Å². The van der Waals surface area contributed by atoms with Gasteiger partial charge in [-0.3, -0.25) is 19.6 Å². The molecule has 1 saturated heterocycles. The molecule has 0 amide bonds. The van der Waals surface area contributed by atoms with Gasteiger partial charge in [-0.05, 0) is 6.42 Å². The van der Waals surface area contributed by atoms with Gasteiger partial charge in [0.25, 0.3) is 0 Å². The van der Waals surface area contributed by atoms with Crippen LogP contribution in [0.2, 0.25) is 0 Å². The third-order valence-electron chi connectivity index (χ3n) is 2.80. The second kappa shape index (κ2) is 4.62. The summed E-state index contributed by atoms with van der Waals surface area (Å²) >= 11 is 0. The lowest BCUT2D eigenvalue weighted by atomic mass is 10.1. The molecule has 2 heterocycles. The molecule has 0 N–H and O–H groups in total. The third-order valence-corrected chi connectivity index (χ3v) is 2.80. The van der Waals surface area contributed by atoms with Crippen LogP contribution in [0, 0.1) is 10.1 Å². The van der Waals surface area contributed by atoms with E-state index in [0.717, 1.165) is 0 Å². The normalized spacial score (nSPS) is 21.2. The first-order chi connectivity index (χ1) is 8.09. The van der Waals surface area contributed by atoms with Gasteiger partial charge in [0.2, 0.25) is 0 Å². The van der Waals surface area contributed by atoms with Gasteiger partial charge in [0, 0.05) is 26.5 Å². The Labute approximate surface area is 97.5 Å². The van der Waals surface area contributed by atoms with E-state index in [1.54, 1.807) is 7.05 Å². The van der Waals surface area contributed by atoms with Crippen LogP contribution in [0.1, 0.15) is 31.1 Å². The largest absolute Gasteiger partial charge is 0.371 e. The Hall–Kier alpha value is -1.76. The molecular weight excluding hydrogens is 226 g/mol. The lowest BCUT2D eigenvalue weighted by molar-refractivity contribution is -0.386. The first kappa shape index (κ1) is 11.7. The highest BCUT2D eigenvalue weighted by molar-refractivity contribution is 5.79. The van der Waals surface area contributed by atoms with Crippen molar-refractivity contribution in [1.29, 1.82) is 0 Å². The number of aryl methyl sites for hydroxylation is 1. The summed E-state index contributed by atoms with van der Waals surface area (Å²) in [5.41, 5.74) is 0.275. The fourth-order valence-corrected chi connectivity index (χ4v) is 1.99. The number of nitrogens with zero attached hydrogens (tertiary/aromatic N) is 3. The molecular formula is C10H13N3O4. The minimum atomic E-state index is -0.558. The number of ether oxygens (including phenoxy) is 1. The van der Waals surface area contributed by atoms with Crippen molar-refractivity contribution in [3.63, 3.8) is 0 Å². The lowest BCUT2D eigenvalue weighted by Crippen LogP contribution is -2.12. The Morgan fingerprint density at radius 2 is 2.41 bits per heavy atom. The zero-order valence-corrected chi connectivity index (χ0v) is 9.46. The molecule has 2 rings (SSSR count). The van der Waals surface area contributed by atoms with E-state index in [9.17, 15) is 14.9 Å². The quantitative estimate of drug-likeness (QED) is 0.570. The first-order valence-electron chi connectivity index (χ1n) is 5.39. The molecule has 0 aromatic carbocycles. The average Bonchev–Trinajstić information content (AvgIpc) is 2.52. The smallest absolute Gasteiger partial charge is 0.312 e. The van der Waals surface area contributed by atoms with Crippen LogP contribution in [0.5, 0.6) is 0 Å². The molecule has 1 fully saturated rings. The number of aromatic nitrogens is 2. The molecule has 1 aromatic heterocycles. The number of carbonyl (C=O) groups excluding carboxylic acids is 1. The van der Waals surface area contributed by atoms with Crippen LogP contribution in [-0.4, -0.2) is 27.1 Å². The predicted octanol–water partition coefficient (Wildman–Crippen LogP) is 1.14. The first-order valence-corrected chi connectivity index (χ1v) is 5.39. The number of rotatable bonds is 2. The number of hydrogen-bond acceptors (Lipinski definition) is 5. The van der Waals surface area contributed by atoms with Crippen molar-refractivity contribution in [2.24, 2.45) is 7.05 Å². The predicted molar refractivity (Wildman–Crippen MR) is 57.4 cm³/mol. The number of carbonyl (C=O) groups is 1. The van der Waals surface area contributed by atoms with Gasteiger partial charge < -0.3 is 4.74 Å². The maximum atomic E-state index is 11.5. The molecule has 17 heavy (non-hydrogen) atoms. The summed E-state index contributed by atoms with van der Waals surface area (Å²) < 4.78 is 6.91. The van der Waals surface area contributed by atoms with Crippen LogP contribution in [0.4, 0.5) is 5.69 Å². The minimum absolute atomic E-state index is 0.0722. The van der Waals surface area contributed by atoms with E-state index >= 15 is 0 Å². The van der Waals surface area contributed by atoms with E-state index in [0.29, 0.717) is 25.1 Å². The molecule has 1 aliphatic heterocycles. The van der Waals surface area contributed by atoms with Crippen LogP contribution in [0.15, 0.2) is 6.20 Å². The molecule has 1 aromatic rings. The van der Waals surface area contributed by atoms with Gasteiger partial charge in [-0.15, -0.1) is 0 Å². The molecule has 0 unspecified atom stereocenters. The van der Waals surface area contributed by atoms with Crippen molar-refractivity contribution >= 4 is 11.5 Å². The molecule has 7 heteroatoms. The number of nitro groups is 1. The van der Waals surface area contributed by atoms with Crippen LogP contribution >= 0.6 is 0 Å². The number of hydrogen-bond donors (Lipinski definition) is 0. The van der Waals surface area contributed by atoms with Crippen molar-refractivity contribution in [3.05, 3.63) is 22.0 Å². The number of Topliss-reactive ketones (excluding diaryl/α,β-unsaturated/α-hetero) is 1. The fraction of sp³-hybridized carbons (Fsp3) is 0.600. The topological polar surface area (TPSA) is 87.3 Å². The van der Waals surface area contributed by atoms with Gasteiger partial charge in [-0.1, -0.05) is 0 Å². The molecule has 0 bridgehead atoms. The standard InChI is InChI=1S/C10H13N3O4/c1-12-10(8(6-11-12)13(15)16)9-5-7(14)3-2-4-17-9/h6,9H,2-5H2,1H3/t9-/m1/s1. The maximum absolute atomic E-state index is 11.5. The van der Waals surface area contributed by atoms with Gasteiger partial charge in [-0.2, -0.15) is 5.10 Å². The average molecular weight is 239 g/mol. The highest BCUT2D eigenvalue weighted by Gasteiger charge is 2.30. The molecule has 0 radical (unpaired) electrons. The van der Waals surface area contributed by atoms with Crippen LogP contribution in [0.25, 0.3) is 0 Å². The Bertz CT molecular complexity index is 454. The summed E-state index contributed by atoms with van der Waals surface area (Å²) in [6.07, 6.45) is 1.95. The van der Waals surface area contributed by atoms with E-state index in [2.05, 4.69) is 5.10 Å². The SMILES string of the molecule is Cn1ncc([N+](=O)[O-])c1[C@H]1CC(=O)CCCO1. The van der Waals surface area contributed by atoms with E-state index in [1.165, 1.54) is 10.9 Å². The van der Waals surface area contributed by atoms with Gasteiger partial charge >= 0.3 is 5.69 Å². The summed E-state index contributed by atoms with van der Waals surface area (Å²) in [6, 6.07) is 0. The molecule has 92 valence electrons. The summed E-state index contributed by atoms with van der Waals surface area (Å²) in [7, 11) is 1.61. The van der Waals surface area contributed by atoms with E-state index in [4.69, 9.17) is 4.74 Å². The van der Waals surface area contributed by atoms with Crippen molar-refractivity contribution in [2.75, 3.05) is 6.61 Å². The van der Waals surface area contributed by atoms with Crippen LogP contribution in [0.3, 0.4) is 0 Å². The van der Waals surface area contributed by atoms with Crippen LogP contribution in [-0.2, 0) is 16.6 Å². The second-order valence-corrected chi connectivity index (χ2v) is 4.00. The van der Waals surface area contributed by atoms with Crippen molar-refractivity contribution in [1.82, 2.24) is 9.78 Å². The lowest BCUT2D eigenvalue weighted by Gasteiger charge is -2.13.